The molecule has 0 unspecified atom stereocenters. The molecule has 0 aromatic carbocycles. The molecular formula is C15H16ClN3O3. The van der Waals surface area contributed by atoms with Crippen LogP contribution in [0.4, 0.5) is 0 Å². The van der Waals surface area contributed by atoms with Crippen molar-refractivity contribution in [2.75, 3.05) is 6.61 Å². The first-order valence-corrected chi connectivity index (χ1v) is 7.49. The van der Waals surface area contributed by atoms with Crippen molar-refractivity contribution in [1.29, 1.82) is 0 Å². The molecule has 1 aliphatic carbocycles. The van der Waals surface area contributed by atoms with Gasteiger partial charge in [-0.25, -0.2) is 14.5 Å². The lowest BCUT2D eigenvalue weighted by Crippen LogP contribution is -2.12. The smallest absolute Gasteiger partial charge is 0.338 e. The molecule has 3 rings (SSSR count). The number of hydrogen-bond donors (Lipinski definition) is 1. The summed E-state index contributed by atoms with van der Waals surface area (Å²) >= 11 is 5.86. The zero-order valence-corrected chi connectivity index (χ0v) is 12.9. The Bertz CT molecular complexity index is 710. The second-order valence-electron chi connectivity index (χ2n) is 5.55. The summed E-state index contributed by atoms with van der Waals surface area (Å²) in [5.74, 6) is -0.135. The summed E-state index contributed by atoms with van der Waals surface area (Å²) in [6.07, 6.45) is 5.23. The molecule has 116 valence electrons. The summed E-state index contributed by atoms with van der Waals surface area (Å²) in [6, 6.07) is 4.72. The molecule has 7 heteroatoms. The van der Waals surface area contributed by atoms with E-state index < -0.39 is 5.97 Å². The van der Waals surface area contributed by atoms with Crippen LogP contribution in [0.3, 0.4) is 0 Å². The maximum atomic E-state index is 10.9. The fourth-order valence-corrected chi connectivity index (χ4v) is 2.46. The van der Waals surface area contributed by atoms with Crippen molar-refractivity contribution in [3.63, 3.8) is 0 Å². The number of carbonyl (C=O) groups is 1. The van der Waals surface area contributed by atoms with Gasteiger partial charge in [0.1, 0.15) is 5.15 Å². The Labute approximate surface area is 132 Å². The van der Waals surface area contributed by atoms with Crippen LogP contribution in [0.15, 0.2) is 24.4 Å². The van der Waals surface area contributed by atoms with Gasteiger partial charge in [0.2, 0.25) is 5.88 Å². The van der Waals surface area contributed by atoms with Crippen LogP contribution < -0.4 is 4.74 Å². The Morgan fingerprint density at radius 1 is 1.45 bits per heavy atom. The highest BCUT2D eigenvalue weighted by atomic mass is 35.5. The molecule has 2 aromatic rings. The van der Waals surface area contributed by atoms with Gasteiger partial charge in [-0.05, 0) is 31.4 Å². The molecule has 0 amide bonds. The first-order chi connectivity index (χ1) is 10.5. The average molecular weight is 322 g/mol. The Hall–Kier alpha value is -2.08. The lowest BCUT2D eigenvalue weighted by molar-refractivity contribution is 0.0696. The SMILES string of the molecule is CCC1(COc2ccn(-c3ccc(C(=O)O)c(Cl)n3)n2)CC1. The fraction of sp³-hybridized carbons (Fsp3) is 0.400. The van der Waals surface area contributed by atoms with Crippen molar-refractivity contribution in [2.45, 2.75) is 26.2 Å². The molecule has 0 bridgehead atoms. The third kappa shape index (κ3) is 2.92. The summed E-state index contributed by atoms with van der Waals surface area (Å²) in [5, 5.41) is 13.2. The highest BCUT2D eigenvalue weighted by Crippen LogP contribution is 2.48. The Kier molecular flexibility index (Phi) is 3.78. The van der Waals surface area contributed by atoms with Crippen molar-refractivity contribution in [2.24, 2.45) is 5.41 Å². The molecule has 1 saturated carbocycles. The van der Waals surface area contributed by atoms with E-state index in [1.54, 1.807) is 18.3 Å². The van der Waals surface area contributed by atoms with E-state index in [0.29, 0.717) is 23.7 Å². The molecular weight excluding hydrogens is 306 g/mol. The van der Waals surface area contributed by atoms with E-state index in [1.807, 2.05) is 0 Å². The predicted octanol–water partition coefficient (Wildman–Crippen LogP) is 3.19. The normalized spacial score (nSPS) is 15.5. The van der Waals surface area contributed by atoms with Gasteiger partial charge in [-0.15, -0.1) is 5.10 Å². The van der Waals surface area contributed by atoms with Crippen LogP contribution in [-0.2, 0) is 0 Å². The van der Waals surface area contributed by atoms with Crippen molar-refractivity contribution in [1.82, 2.24) is 14.8 Å². The number of rotatable bonds is 6. The Morgan fingerprint density at radius 3 is 2.82 bits per heavy atom. The molecule has 0 radical (unpaired) electrons. The van der Waals surface area contributed by atoms with Crippen molar-refractivity contribution in [3.05, 3.63) is 35.1 Å². The van der Waals surface area contributed by atoms with Crippen LogP contribution in [0.1, 0.15) is 36.5 Å². The van der Waals surface area contributed by atoms with Crippen LogP contribution in [0, 0.1) is 5.41 Å². The number of aromatic nitrogens is 3. The van der Waals surface area contributed by atoms with E-state index in [0.717, 1.165) is 6.42 Å². The third-order valence-electron chi connectivity index (χ3n) is 4.10. The third-order valence-corrected chi connectivity index (χ3v) is 4.39. The largest absolute Gasteiger partial charge is 0.478 e. The van der Waals surface area contributed by atoms with Gasteiger partial charge in [0, 0.05) is 17.7 Å². The van der Waals surface area contributed by atoms with Gasteiger partial charge in [0.15, 0.2) is 5.82 Å². The van der Waals surface area contributed by atoms with E-state index in [-0.39, 0.29) is 10.7 Å². The van der Waals surface area contributed by atoms with Gasteiger partial charge in [0.25, 0.3) is 0 Å². The minimum atomic E-state index is -1.11. The zero-order chi connectivity index (χ0) is 15.7. The molecule has 6 nitrogen and oxygen atoms in total. The topological polar surface area (TPSA) is 77.2 Å². The number of hydrogen-bond acceptors (Lipinski definition) is 4. The molecule has 0 spiro atoms. The number of carboxylic acid groups (broad SMARTS) is 1. The minimum Gasteiger partial charge on any atom is -0.478 e. The monoisotopic (exact) mass is 321 g/mol. The highest BCUT2D eigenvalue weighted by Gasteiger charge is 2.41. The Balaban J connectivity index is 1.73. The highest BCUT2D eigenvalue weighted by molar-refractivity contribution is 6.32. The first-order valence-electron chi connectivity index (χ1n) is 7.12. The summed E-state index contributed by atoms with van der Waals surface area (Å²) < 4.78 is 7.24. The van der Waals surface area contributed by atoms with Crippen LogP contribution >= 0.6 is 11.6 Å². The molecule has 0 atom stereocenters. The number of ether oxygens (including phenoxy) is 1. The Morgan fingerprint density at radius 2 is 2.23 bits per heavy atom. The maximum absolute atomic E-state index is 10.9. The minimum absolute atomic E-state index is 0.0346. The van der Waals surface area contributed by atoms with Crippen molar-refractivity contribution < 1.29 is 14.6 Å². The number of carboxylic acids is 1. The van der Waals surface area contributed by atoms with E-state index >= 15 is 0 Å². The number of halogens is 1. The van der Waals surface area contributed by atoms with Gasteiger partial charge < -0.3 is 9.84 Å². The number of pyridine rings is 1. The van der Waals surface area contributed by atoms with Gasteiger partial charge in [0.05, 0.1) is 12.2 Å². The van der Waals surface area contributed by atoms with Crippen LogP contribution in [0.2, 0.25) is 5.15 Å². The van der Waals surface area contributed by atoms with Crippen LogP contribution in [-0.4, -0.2) is 32.4 Å². The van der Waals surface area contributed by atoms with E-state index in [4.69, 9.17) is 21.4 Å². The lowest BCUT2D eigenvalue weighted by Gasteiger charge is -2.11. The van der Waals surface area contributed by atoms with Gasteiger partial charge >= 0.3 is 5.97 Å². The second-order valence-corrected chi connectivity index (χ2v) is 5.91. The fourth-order valence-electron chi connectivity index (χ4n) is 2.23. The summed E-state index contributed by atoms with van der Waals surface area (Å²) in [7, 11) is 0. The average Bonchev–Trinajstić information content (AvgIpc) is 3.13. The first kappa shape index (κ1) is 14.8. The van der Waals surface area contributed by atoms with Crippen LogP contribution in [0.25, 0.3) is 5.82 Å². The van der Waals surface area contributed by atoms with Crippen molar-refractivity contribution >= 4 is 17.6 Å². The maximum Gasteiger partial charge on any atom is 0.338 e. The molecule has 1 aliphatic rings. The van der Waals surface area contributed by atoms with Crippen molar-refractivity contribution in [3.8, 4) is 11.7 Å². The lowest BCUT2D eigenvalue weighted by atomic mass is 10.1. The van der Waals surface area contributed by atoms with Gasteiger partial charge in [-0.2, -0.15) is 0 Å². The van der Waals surface area contributed by atoms with Gasteiger partial charge in [-0.3, -0.25) is 0 Å². The van der Waals surface area contributed by atoms with Gasteiger partial charge in [-0.1, -0.05) is 18.5 Å². The molecule has 0 aliphatic heterocycles. The molecule has 2 aromatic heterocycles. The molecule has 0 saturated heterocycles. The standard InChI is InChI=1S/C15H16ClN3O3/c1-2-15(6-7-15)9-22-12-5-8-19(18-12)11-4-3-10(14(20)21)13(16)17-11/h3-5,8H,2,6-7,9H2,1H3,(H,20,21). The number of aromatic carboxylic acids is 1. The summed E-state index contributed by atoms with van der Waals surface area (Å²) in [5.41, 5.74) is 0.293. The number of nitrogens with zero attached hydrogens (tertiary/aromatic N) is 3. The predicted molar refractivity (Wildman–Crippen MR) is 80.8 cm³/mol. The second kappa shape index (κ2) is 5.61. The zero-order valence-electron chi connectivity index (χ0n) is 12.1. The van der Waals surface area contributed by atoms with E-state index in [1.165, 1.54) is 23.6 Å². The van der Waals surface area contributed by atoms with Crippen LogP contribution in [0.5, 0.6) is 5.88 Å². The molecule has 1 fully saturated rings. The summed E-state index contributed by atoms with van der Waals surface area (Å²) in [4.78, 5) is 15.0. The molecule has 2 heterocycles. The molecule has 1 N–H and O–H groups in total. The molecule has 22 heavy (non-hydrogen) atoms. The quantitative estimate of drug-likeness (QED) is 0.827. The summed E-state index contributed by atoms with van der Waals surface area (Å²) in [6.45, 7) is 2.84. The van der Waals surface area contributed by atoms with E-state index in [9.17, 15) is 4.79 Å². The van der Waals surface area contributed by atoms with E-state index in [2.05, 4.69) is 17.0 Å².